The lowest BCUT2D eigenvalue weighted by atomic mass is 10.1. The molecule has 2 rings (SSSR count). The SMILES string of the molecule is CC(=O)NC1CCN(Cc2ccc(CC(=O)O)cc2)C1. The van der Waals surface area contributed by atoms with Crippen LogP contribution in [0.25, 0.3) is 0 Å². The summed E-state index contributed by atoms with van der Waals surface area (Å²) < 4.78 is 0. The van der Waals surface area contributed by atoms with Gasteiger partial charge < -0.3 is 10.4 Å². The van der Waals surface area contributed by atoms with Gasteiger partial charge in [0.1, 0.15) is 0 Å². The molecule has 0 aromatic heterocycles. The van der Waals surface area contributed by atoms with Crippen LogP contribution in [0, 0.1) is 0 Å². The fraction of sp³-hybridized carbons (Fsp3) is 0.467. The van der Waals surface area contributed by atoms with E-state index < -0.39 is 5.97 Å². The van der Waals surface area contributed by atoms with Crippen LogP contribution in [0.2, 0.25) is 0 Å². The van der Waals surface area contributed by atoms with Gasteiger partial charge in [-0.05, 0) is 17.5 Å². The molecule has 0 radical (unpaired) electrons. The van der Waals surface area contributed by atoms with Gasteiger partial charge in [-0.2, -0.15) is 0 Å². The molecule has 1 amide bonds. The number of carboxylic acids is 1. The van der Waals surface area contributed by atoms with Crippen molar-refractivity contribution in [2.24, 2.45) is 0 Å². The van der Waals surface area contributed by atoms with E-state index in [1.807, 2.05) is 24.3 Å². The van der Waals surface area contributed by atoms with Gasteiger partial charge in [0.25, 0.3) is 0 Å². The molecule has 20 heavy (non-hydrogen) atoms. The van der Waals surface area contributed by atoms with Crippen molar-refractivity contribution >= 4 is 11.9 Å². The third kappa shape index (κ3) is 4.35. The number of aliphatic carboxylic acids is 1. The van der Waals surface area contributed by atoms with Gasteiger partial charge in [-0.25, -0.2) is 0 Å². The molecule has 1 atom stereocenters. The summed E-state index contributed by atoms with van der Waals surface area (Å²) in [6.07, 6.45) is 1.05. The van der Waals surface area contributed by atoms with Crippen molar-refractivity contribution in [3.05, 3.63) is 35.4 Å². The van der Waals surface area contributed by atoms with E-state index in [1.165, 1.54) is 5.56 Å². The predicted octanol–water partition coefficient (Wildman–Crippen LogP) is 1.02. The van der Waals surface area contributed by atoms with E-state index in [9.17, 15) is 9.59 Å². The zero-order valence-corrected chi connectivity index (χ0v) is 11.6. The number of hydrogen-bond acceptors (Lipinski definition) is 3. The number of nitrogens with zero attached hydrogens (tertiary/aromatic N) is 1. The van der Waals surface area contributed by atoms with E-state index in [4.69, 9.17) is 5.11 Å². The number of carbonyl (C=O) groups excluding carboxylic acids is 1. The molecule has 5 heteroatoms. The summed E-state index contributed by atoms with van der Waals surface area (Å²) in [6, 6.07) is 7.93. The third-order valence-electron chi connectivity index (χ3n) is 3.46. The van der Waals surface area contributed by atoms with Gasteiger partial charge in [0, 0.05) is 32.6 Å². The van der Waals surface area contributed by atoms with Crippen LogP contribution < -0.4 is 5.32 Å². The van der Waals surface area contributed by atoms with E-state index in [0.717, 1.165) is 31.6 Å². The standard InChI is InChI=1S/C15H20N2O3/c1-11(18)16-14-6-7-17(10-14)9-13-4-2-12(3-5-13)8-15(19)20/h2-5,14H,6-10H2,1H3,(H,16,18)(H,19,20). The lowest BCUT2D eigenvalue weighted by molar-refractivity contribution is -0.136. The number of benzene rings is 1. The lowest BCUT2D eigenvalue weighted by Gasteiger charge is -2.16. The maximum atomic E-state index is 11.0. The Labute approximate surface area is 118 Å². The number of carbonyl (C=O) groups is 2. The van der Waals surface area contributed by atoms with E-state index in [1.54, 1.807) is 6.92 Å². The van der Waals surface area contributed by atoms with Crippen LogP contribution in [0.1, 0.15) is 24.5 Å². The third-order valence-corrected chi connectivity index (χ3v) is 3.46. The van der Waals surface area contributed by atoms with Gasteiger partial charge >= 0.3 is 5.97 Å². The first-order chi connectivity index (χ1) is 9.52. The summed E-state index contributed by atoms with van der Waals surface area (Å²) >= 11 is 0. The van der Waals surface area contributed by atoms with Crippen LogP contribution in [0.5, 0.6) is 0 Å². The topological polar surface area (TPSA) is 69.6 Å². The molecular formula is C15H20N2O3. The molecule has 0 saturated carbocycles. The Morgan fingerprint density at radius 2 is 1.95 bits per heavy atom. The molecule has 1 unspecified atom stereocenters. The number of likely N-dealkylation sites (tertiary alicyclic amines) is 1. The fourth-order valence-electron chi connectivity index (χ4n) is 2.58. The van der Waals surface area contributed by atoms with Gasteiger partial charge in [-0.15, -0.1) is 0 Å². The van der Waals surface area contributed by atoms with Gasteiger partial charge in [-0.1, -0.05) is 24.3 Å². The Kier molecular flexibility index (Phi) is 4.74. The van der Waals surface area contributed by atoms with E-state index in [2.05, 4.69) is 10.2 Å². The first-order valence-electron chi connectivity index (χ1n) is 6.82. The van der Waals surface area contributed by atoms with Crippen LogP contribution >= 0.6 is 0 Å². The van der Waals surface area contributed by atoms with Crippen LogP contribution in [-0.2, 0) is 22.6 Å². The largest absolute Gasteiger partial charge is 0.481 e. The van der Waals surface area contributed by atoms with Crippen molar-refractivity contribution in [3.8, 4) is 0 Å². The molecule has 1 aromatic carbocycles. The second-order valence-electron chi connectivity index (χ2n) is 5.31. The average Bonchev–Trinajstić information content (AvgIpc) is 2.77. The summed E-state index contributed by atoms with van der Waals surface area (Å²) in [5.74, 6) is -0.787. The minimum Gasteiger partial charge on any atom is -0.481 e. The van der Waals surface area contributed by atoms with Gasteiger partial charge in [0.05, 0.1) is 6.42 Å². The lowest BCUT2D eigenvalue weighted by Crippen LogP contribution is -2.35. The maximum Gasteiger partial charge on any atom is 0.307 e. The van der Waals surface area contributed by atoms with E-state index in [-0.39, 0.29) is 18.4 Å². The zero-order valence-electron chi connectivity index (χ0n) is 11.6. The number of amides is 1. The molecule has 1 aromatic rings. The highest BCUT2D eigenvalue weighted by Crippen LogP contribution is 2.14. The van der Waals surface area contributed by atoms with Crippen molar-refractivity contribution in [2.75, 3.05) is 13.1 Å². The monoisotopic (exact) mass is 276 g/mol. The minimum absolute atomic E-state index is 0.0230. The highest BCUT2D eigenvalue weighted by molar-refractivity contribution is 5.73. The summed E-state index contributed by atoms with van der Waals surface area (Å²) in [4.78, 5) is 23.9. The summed E-state index contributed by atoms with van der Waals surface area (Å²) in [6.45, 7) is 4.23. The molecule has 108 valence electrons. The van der Waals surface area contributed by atoms with Gasteiger partial charge in [0.15, 0.2) is 0 Å². The molecule has 1 fully saturated rings. The molecule has 0 aliphatic carbocycles. The smallest absolute Gasteiger partial charge is 0.307 e. The fourth-order valence-corrected chi connectivity index (χ4v) is 2.58. The molecule has 1 aliphatic heterocycles. The maximum absolute atomic E-state index is 11.0. The Morgan fingerprint density at radius 3 is 2.55 bits per heavy atom. The Bertz CT molecular complexity index is 484. The van der Waals surface area contributed by atoms with Gasteiger partial charge in [0.2, 0.25) is 5.91 Å². The molecule has 1 saturated heterocycles. The first-order valence-corrected chi connectivity index (χ1v) is 6.82. The van der Waals surface area contributed by atoms with Crippen molar-refractivity contribution in [3.63, 3.8) is 0 Å². The van der Waals surface area contributed by atoms with Crippen LogP contribution in [0.15, 0.2) is 24.3 Å². The number of rotatable bonds is 5. The normalized spacial score (nSPS) is 18.9. The van der Waals surface area contributed by atoms with E-state index in [0.29, 0.717) is 0 Å². The van der Waals surface area contributed by atoms with Crippen molar-refractivity contribution < 1.29 is 14.7 Å². The van der Waals surface area contributed by atoms with Crippen molar-refractivity contribution in [1.82, 2.24) is 10.2 Å². The molecule has 0 bridgehead atoms. The summed E-state index contributed by atoms with van der Waals surface area (Å²) in [5, 5.41) is 11.7. The van der Waals surface area contributed by atoms with E-state index >= 15 is 0 Å². The second-order valence-corrected chi connectivity index (χ2v) is 5.31. The van der Waals surface area contributed by atoms with Crippen LogP contribution in [-0.4, -0.2) is 41.0 Å². The molecule has 5 nitrogen and oxygen atoms in total. The highest BCUT2D eigenvalue weighted by Gasteiger charge is 2.22. The van der Waals surface area contributed by atoms with Crippen molar-refractivity contribution in [2.45, 2.75) is 32.4 Å². The van der Waals surface area contributed by atoms with Gasteiger partial charge in [-0.3, -0.25) is 14.5 Å². The van der Waals surface area contributed by atoms with Crippen LogP contribution in [0.4, 0.5) is 0 Å². The minimum atomic E-state index is -0.810. The quantitative estimate of drug-likeness (QED) is 0.842. The Morgan fingerprint density at radius 1 is 1.30 bits per heavy atom. The Balaban J connectivity index is 1.85. The Hall–Kier alpha value is -1.88. The van der Waals surface area contributed by atoms with Crippen molar-refractivity contribution in [1.29, 1.82) is 0 Å². The zero-order chi connectivity index (χ0) is 14.5. The molecule has 2 N–H and O–H groups in total. The molecule has 1 aliphatic rings. The highest BCUT2D eigenvalue weighted by atomic mass is 16.4. The predicted molar refractivity (Wildman–Crippen MR) is 75.3 cm³/mol. The second kappa shape index (κ2) is 6.52. The first kappa shape index (κ1) is 14.5. The average molecular weight is 276 g/mol. The number of nitrogens with one attached hydrogen (secondary N) is 1. The van der Waals surface area contributed by atoms with Crippen LogP contribution in [0.3, 0.4) is 0 Å². The number of hydrogen-bond donors (Lipinski definition) is 2. The molecular weight excluding hydrogens is 256 g/mol. The molecule has 0 spiro atoms. The number of carboxylic acid groups (broad SMARTS) is 1. The summed E-state index contributed by atoms with van der Waals surface area (Å²) in [5.41, 5.74) is 1.99. The summed E-state index contributed by atoms with van der Waals surface area (Å²) in [7, 11) is 0. The molecule has 1 heterocycles.